The van der Waals surface area contributed by atoms with Gasteiger partial charge in [0.2, 0.25) is 9.58 Å². The molecule has 1 heterocycles. The molecule has 0 saturated carbocycles. The zero-order valence-corrected chi connectivity index (χ0v) is 11.6. The number of non-ortho nitro benzene ring substituents is 1. The molecule has 0 amide bonds. The number of nitro groups is 1. The second kappa shape index (κ2) is 5.05. The summed E-state index contributed by atoms with van der Waals surface area (Å²) in [6.07, 6.45) is 0.00130. The van der Waals surface area contributed by atoms with E-state index in [4.69, 9.17) is 39.6 Å². The molecule has 0 aliphatic carbocycles. The zero-order chi connectivity index (χ0) is 14.3. The van der Waals surface area contributed by atoms with Gasteiger partial charge >= 0.3 is 0 Å². The van der Waals surface area contributed by atoms with Crippen LogP contribution in [0.25, 0.3) is 0 Å². The standard InChI is InChI=1S/C10H9Cl3N2O4/c11-10(12,13)8-5-9(16,19-14-8)6-1-3-7(4-2-6)15(17)18/h1-4,8,14,16H,5H2/t8-,9-/m1/s1. The largest absolute Gasteiger partial charge is 0.361 e. The van der Waals surface area contributed by atoms with Crippen LogP contribution in [0.15, 0.2) is 24.3 Å². The topological polar surface area (TPSA) is 84.6 Å². The highest BCUT2D eigenvalue weighted by atomic mass is 35.6. The molecule has 2 N–H and O–H groups in total. The molecule has 1 aliphatic rings. The number of halogens is 3. The van der Waals surface area contributed by atoms with Crippen molar-refractivity contribution in [1.82, 2.24) is 5.48 Å². The number of aliphatic hydroxyl groups is 1. The normalized spacial score (nSPS) is 27.5. The van der Waals surface area contributed by atoms with Gasteiger partial charge in [-0.25, -0.2) is 0 Å². The Morgan fingerprint density at radius 2 is 2.00 bits per heavy atom. The van der Waals surface area contributed by atoms with E-state index in [9.17, 15) is 15.2 Å². The summed E-state index contributed by atoms with van der Waals surface area (Å²) in [4.78, 5) is 15.1. The van der Waals surface area contributed by atoms with Crippen molar-refractivity contribution < 1.29 is 14.9 Å². The molecule has 2 atom stereocenters. The van der Waals surface area contributed by atoms with Gasteiger partial charge in [0.1, 0.15) is 0 Å². The Morgan fingerprint density at radius 1 is 1.42 bits per heavy atom. The van der Waals surface area contributed by atoms with E-state index in [1.54, 1.807) is 0 Å². The predicted octanol–water partition coefficient (Wildman–Crippen LogP) is 2.40. The molecule has 2 rings (SSSR count). The molecule has 1 fully saturated rings. The van der Waals surface area contributed by atoms with Crippen LogP contribution in [0.4, 0.5) is 5.69 Å². The van der Waals surface area contributed by atoms with E-state index in [0.717, 1.165) is 0 Å². The molecular weight excluding hydrogens is 318 g/mol. The number of benzene rings is 1. The van der Waals surface area contributed by atoms with E-state index in [1.165, 1.54) is 24.3 Å². The van der Waals surface area contributed by atoms with Crippen LogP contribution >= 0.6 is 34.8 Å². The number of nitrogens with one attached hydrogen (secondary N) is 1. The maximum absolute atomic E-state index is 10.5. The van der Waals surface area contributed by atoms with Gasteiger partial charge in [0, 0.05) is 24.1 Å². The Kier molecular flexibility index (Phi) is 3.92. The number of hydroxylamine groups is 1. The summed E-state index contributed by atoms with van der Waals surface area (Å²) in [5.74, 6) is -1.69. The number of rotatable bonds is 2. The Balaban J connectivity index is 2.20. The van der Waals surface area contributed by atoms with Gasteiger partial charge in [-0.15, -0.1) is 0 Å². The third-order valence-electron chi connectivity index (χ3n) is 2.78. The quantitative estimate of drug-likeness (QED) is 0.495. The van der Waals surface area contributed by atoms with Crippen LogP contribution in [-0.4, -0.2) is 19.9 Å². The molecule has 0 aromatic heterocycles. The van der Waals surface area contributed by atoms with Gasteiger partial charge in [-0.3, -0.25) is 15.0 Å². The van der Waals surface area contributed by atoms with Crippen LogP contribution in [-0.2, 0) is 10.6 Å². The fourth-order valence-electron chi connectivity index (χ4n) is 1.73. The van der Waals surface area contributed by atoms with E-state index < -0.39 is 20.5 Å². The van der Waals surface area contributed by atoms with Crippen LogP contribution < -0.4 is 5.48 Å². The van der Waals surface area contributed by atoms with Crippen LogP contribution in [0.1, 0.15) is 12.0 Å². The van der Waals surface area contributed by atoms with Gasteiger partial charge in [-0.05, 0) is 12.1 Å². The highest BCUT2D eigenvalue weighted by Crippen LogP contribution is 2.41. The number of nitrogens with zero attached hydrogens (tertiary/aromatic N) is 1. The molecule has 1 aromatic carbocycles. The maximum atomic E-state index is 10.5. The Bertz CT molecular complexity index is 491. The molecule has 0 radical (unpaired) electrons. The first-order valence-electron chi connectivity index (χ1n) is 5.20. The summed E-state index contributed by atoms with van der Waals surface area (Å²) in [5, 5.41) is 20.8. The smallest absolute Gasteiger partial charge is 0.269 e. The summed E-state index contributed by atoms with van der Waals surface area (Å²) in [7, 11) is 0. The third-order valence-corrected chi connectivity index (χ3v) is 3.57. The molecule has 0 bridgehead atoms. The van der Waals surface area contributed by atoms with Gasteiger partial charge in [0.25, 0.3) is 5.69 Å². The Labute approximate surface area is 123 Å². The highest BCUT2D eigenvalue weighted by molar-refractivity contribution is 6.68. The molecular formula is C10H9Cl3N2O4. The van der Waals surface area contributed by atoms with E-state index in [0.29, 0.717) is 5.56 Å². The van der Waals surface area contributed by atoms with E-state index in [-0.39, 0.29) is 12.1 Å². The monoisotopic (exact) mass is 326 g/mol. The predicted molar refractivity (Wildman–Crippen MR) is 69.9 cm³/mol. The SMILES string of the molecule is O=[N+]([O-])c1ccc([C@@]2(O)C[C@H](C(Cl)(Cl)Cl)NO2)cc1. The van der Waals surface area contributed by atoms with Crippen molar-refractivity contribution in [3.63, 3.8) is 0 Å². The summed E-state index contributed by atoms with van der Waals surface area (Å²) < 4.78 is -1.63. The molecule has 9 heteroatoms. The molecule has 1 aliphatic heterocycles. The van der Waals surface area contributed by atoms with Crippen LogP contribution in [0, 0.1) is 10.1 Å². The Morgan fingerprint density at radius 3 is 2.42 bits per heavy atom. The second-order valence-corrected chi connectivity index (χ2v) is 6.48. The zero-order valence-electron chi connectivity index (χ0n) is 9.35. The van der Waals surface area contributed by atoms with Gasteiger partial charge in [-0.2, -0.15) is 5.48 Å². The first-order valence-corrected chi connectivity index (χ1v) is 6.33. The van der Waals surface area contributed by atoms with Crippen molar-refractivity contribution in [2.75, 3.05) is 0 Å². The molecule has 1 aromatic rings. The molecule has 6 nitrogen and oxygen atoms in total. The van der Waals surface area contributed by atoms with Crippen molar-refractivity contribution in [2.24, 2.45) is 0 Å². The van der Waals surface area contributed by atoms with Gasteiger partial charge in [0.15, 0.2) is 0 Å². The van der Waals surface area contributed by atoms with Crippen molar-refractivity contribution in [1.29, 1.82) is 0 Å². The van der Waals surface area contributed by atoms with E-state index in [1.807, 2.05) is 0 Å². The minimum Gasteiger partial charge on any atom is -0.361 e. The van der Waals surface area contributed by atoms with E-state index >= 15 is 0 Å². The van der Waals surface area contributed by atoms with Crippen LogP contribution in [0.3, 0.4) is 0 Å². The average molecular weight is 328 g/mol. The number of nitro benzene ring substituents is 1. The molecule has 104 valence electrons. The first-order chi connectivity index (χ1) is 8.72. The minimum atomic E-state index is -1.69. The van der Waals surface area contributed by atoms with Crippen molar-refractivity contribution in [2.45, 2.75) is 22.0 Å². The minimum absolute atomic E-state index is 0.00130. The lowest BCUT2D eigenvalue weighted by atomic mass is 10.00. The number of hydrogen-bond acceptors (Lipinski definition) is 5. The van der Waals surface area contributed by atoms with Gasteiger partial charge < -0.3 is 5.11 Å². The van der Waals surface area contributed by atoms with Gasteiger partial charge in [0.05, 0.1) is 11.0 Å². The molecule has 0 unspecified atom stereocenters. The first kappa shape index (κ1) is 14.8. The van der Waals surface area contributed by atoms with Crippen molar-refractivity contribution in [3.8, 4) is 0 Å². The highest BCUT2D eigenvalue weighted by Gasteiger charge is 2.48. The molecule has 0 spiro atoms. The third kappa shape index (κ3) is 3.10. The average Bonchev–Trinajstić information content (AvgIpc) is 2.73. The molecule has 19 heavy (non-hydrogen) atoms. The summed E-state index contributed by atoms with van der Waals surface area (Å²) in [5.41, 5.74) is 2.69. The lowest BCUT2D eigenvalue weighted by molar-refractivity contribution is -0.384. The number of alkyl halides is 3. The maximum Gasteiger partial charge on any atom is 0.269 e. The second-order valence-electron chi connectivity index (χ2n) is 4.11. The van der Waals surface area contributed by atoms with Crippen molar-refractivity contribution in [3.05, 3.63) is 39.9 Å². The van der Waals surface area contributed by atoms with Crippen LogP contribution in [0.2, 0.25) is 0 Å². The summed E-state index contributed by atoms with van der Waals surface area (Å²) in [6.45, 7) is 0. The summed E-state index contributed by atoms with van der Waals surface area (Å²) in [6, 6.07) is 4.61. The summed E-state index contributed by atoms with van der Waals surface area (Å²) >= 11 is 17.1. The van der Waals surface area contributed by atoms with Crippen molar-refractivity contribution >= 4 is 40.5 Å². The fraction of sp³-hybridized carbons (Fsp3) is 0.400. The molecule has 1 saturated heterocycles. The fourth-order valence-corrected chi connectivity index (χ4v) is 2.10. The lowest BCUT2D eigenvalue weighted by Gasteiger charge is -2.21. The Hall–Kier alpha value is -0.630. The van der Waals surface area contributed by atoms with Gasteiger partial charge in [-0.1, -0.05) is 34.8 Å². The lowest BCUT2D eigenvalue weighted by Crippen LogP contribution is -2.33. The van der Waals surface area contributed by atoms with E-state index in [2.05, 4.69) is 5.48 Å². The van der Waals surface area contributed by atoms with Crippen LogP contribution in [0.5, 0.6) is 0 Å². The number of hydrogen-bond donors (Lipinski definition) is 2.